The number of fused-ring (bicyclic) bond motifs is 4. The lowest BCUT2D eigenvalue weighted by Crippen LogP contribution is -2.42. The Morgan fingerprint density at radius 2 is 1.62 bits per heavy atom. The van der Waals surface area contributed by atoms with E-state index in [9.17, 15) is 8.78 Å². The van der Waals surface area contributed by atoms with Crippen LogP contribution in [0.4, 0.5) is 8.78 Å². The molecule has 168 valence electrons. The number of amidine groups is 1. The number of hydrogen-bond acceptors (Lipinski definition) is 7. The molecule has 0 aliphatic carbocycles. The standard InChI is InChI=1S/C25H17F2N5O2/c26-19-3-1-15(6-20(19)27)21-7-18-23(10-31-21)34-22-4-2-14(16-8-29-13-30-9-16)5-17(22)25(18)12-33-11-24(28)32-25/h1-10,13H,11-12H2,(H2,28,32)/t25-/m0/s1. The Morgan fingerprint density at radius 3 is 2.41 bits per heavy atom. The average Bonchev–Trinajstić information content (AvgIpc) is 2.86. The summed E-state index contributed by atoms with van der Waals surface area (Å²) in [5.74, 6) is -0.462. The lowest BCUT2D eigenvalue weighted by atomic mass is 9.79. The molecule has 1 spiro atoms. The van der Waals surface area contributed by atoms with Crippen LogP contribution in [0.25, 0.3) is 22.4 Å². The van der Waals surface area contributed by atoms with Crippen LogP contribution in [-0.2, 0) is 10.3 Å². The molecule has 2 N–H and O–H groups in total. The van der Waals surface area contributed by atoms with Gasteiger partial charge in [0, 0.05) is 34.6 Å². The van der Waals surface area contributed by atoms with Gasteiger partial charge in [0.25, 0.3) is 0 Å². The van der Waals surface area contributed by atoms with Crippen LogP contribution in [0, 0.1) is 11.6 Å². The molecule has 2 aliphatic heterocycles. The number of nitrogens with two attached hydrogens (primary N) is 1. The Labute approximate surface area is 193 Å². The molecular formula is C25H17F2N5O2. The highest BCUT2D eigenvalue weighted by Gasteiger charge is 2.45. The Hall–Kier alpha value is -4.24. The second-order valence-corrected chi connectivity index (χ2v) is 8.09. The van der Waals surface area contributed by atoms with Crippen molar-refractivity contribution >= 4 is 5.84 Å². The molecule has 4 heterocycles. The van der Waals surface area contributed by atoms with Gasteiger partial charge >= 0.3 is 0 Å². The number of benzene rings is 2. The molecule has 34 heavy (non-hydrogen) atoms. The number of pyridine rings is 1. The first kappa shape index (κ1) is 20.4. The summed E-state index contributed by atoms with van der Waals surface area (Å²) in [4.78, 5) is 17.5. The first-order valence-corrected chi connectivity index (χ1v) is 10.5. The molecule has 1 atom stereocenters. The summed E-state index contributed by atoms with van der Waals surface area (Å²) >= 11 is 0. The van der Waals surface area contributed by atoms with Gasteiger partial charge in [0.1, 0.15) is 30.1 Å². The van der Waals surface area contributed by atoms with E-state index in [2.05, 4.69) is 15.0 Å². The number of ether oxygens (including phenoxy) is 2. The number of halogens is 2. The molecule has 2 aliphatic rings. The zero-order valence-corrected chi connectivity index (χ0v) is 17.7. The van der Waals surface area contributed by atoms with Crippen LogP contribution in [0.3, 0.4) is 0 Å². The van der Waals surface area contributed by atoms with E-state index in [4.69, 9.17) is 20.2 Å². The fourth-order valence-electron chi connectivity index (χ4n) is 4.38. The fourth-order valence-corrected chi connectivity index (χ4v) is 4.38. The maximum atomic E-state index is 13.9. The lowest BCUT2D eigenvalue weighted by molar-refractivity contribution is 0.110. The number of hydrogen-bond donors (Lipinski definition) is 1. The molecule has 7 nitrogen and oxygen atoms in total. The first-order chi connectivity index (χ1) is 16.5. The van der Waals surface area contributed by atoms with Gasteiger partial charge in [-0.25, -0.2) is 18.7 Å². The van der Waals surface area contributed by atoms with Crippen molar-refractivity contribution in [3.8, 4) is 33.9 Å². The highest BCUT2D eigenvalue weighted by molar-refractivity contribution is 5.84. The van der Waals surface area contributed by atoms with Gasteiger partial charge in [0.15, 0.2) is 17.4 Å². The van der Waals surface area contributed by atoms with E-state index in [-0.39, 0.29) is 13.2 Å². The van der Waals surface area contributed by atoms with E-state index in [1.54, 1.807) is 24.7 Å². The molecule has 0 bridgehead atoms. The molecule has 0 fully saturated rings. The molecule has 6 rings (SSSR count). The first-order valence-electron chi connectivity index (χ1n) is 10.5. The van der Waals surface area contributed by atoms with Crippen LogP contribution in [0.1, 0.15) is 11.1 Å². The molecule has 0 amide bonds. The van der Waals surface area contributed by atoms with Crippen LogP contribution < -0.4 is 10.5 Å². The van der Waals surface area contributed by atoms with Gasteiger partial charge < -0.3 is 15.2 Å². The van der Waals surface area contributed by atoms with E-state index >= 15 is 0 Å². The van der Waals surface area contributed by atoms with Crippen molar-refractivity contribution in [2.45, 2.75) is 5.54 Å². The SMILES string of the molecule is NC1=N[C@@]2(COC1)c1cc(-c3cncnc3)ccc1Oc1cnc(-c3ccc(F)c(F)c3)cc12. The van der Waals surface area contributed by atoms with Crippen molar-refractivity contribution < 1.29 is 18.3 Å². The van der Waals surface area contributed by atoms with Gasteiger partial charge in [0.2, 0.25) is 0 Å². The maximum Gasteiger partial charge on any atom is 0.159 e. The normalized spacial score (nSPS) is 18.6. The van der Waals surface area contributed by atoms with Crippen LogP contribution in [0.15, 0.2) is 72.4 Å². The molecule has 0 unspecified atom stereocenters. The molecular weight excluding hydrogens is 440 g/mol. The van der Waals surface area contributed by atoms with Gasteiger partial charge in [0.05, 0.1) is 18.5 Å². The van der Waals surface area contributed by atoms with Gasteiger partial charge in [-0.2, -0.15) is 0 Å². The number of aromatic nitrogens is 3. The van der Waals surface area contributed by atoms with Crippen molar-refractivity contribution in [1.82, 2.24) is 15.0 Å². The minimum absolute atomic E-state index is 0.209. The van der Waals surface area contributed by atoms with Crippen molar-refractivity contribution in [3.05, 3.63) is 90.1 Å². The van der Waals surface area contributed by atoms with Gasteiger partial charge in [-0.05, 0) is 42.0 Å². The molecule has 0 saturated carbocycles. The summed E-state index contributed by atoms with van der Waals surface area (Å²) in [5.41, 5.74) is 9.13. The molecule has 2 aromatic heterocycles. The summed E-state index contributed by atoms with van der Waals surface area (Å²) in [6.45, 7) is 0.424. The fraction of sp³-hybridized carbons (Fsp3) is 0.120. The van der Waals surface area contributed by atoms with Crippen molar-refractivity contribution in [2.75, 3.05) is 13.2 Å². The average molecular weight is 457 g/mol. The Balaban J connectivity index is 1.56. The lowest BCUT2D eigenvalue weighted by Gasteiger charge is -2.39. The zero-order valence-electron chi connectivity index (χ0n) is 17.7. The predicted molar refractivity (Wildman–Crippen MR) is 120 cm³/mol. The van der Waals surface area contributed by atoms with Crippen molar-refractivity contribution in [3.63, 3.8) is 0 Å². The van der Waals surface area contributed by atoms with Gasteiger partial charge in [-0.1, -0.05) is 6.07 Å². The van der Waals surface area contributed by atoms with Crippen molar-refractivity contribution in [1.29, 1.82) is 0 Å². The zero-order chi connectivity index (χ0) is 23.3. The van der Waals surface area contributed by atoms with E-state index in [0.717, 1.165) is 28.8 Å². The van der Waals surface area contributed by atoms with Crippen LogP contribution in [0.2, 0.25) is 0 Å². The van der Waals surface area contributed by atoms with E-state index in [0.29, 0.717) is 34.2 Å². The van der Waals surface area contributed by atoms with E-state index in [1.165, 1.54) is 12.4 Å². The minimum Gasteiger partial charge on any atom is -0.455 e. The smallest absolute Gasteiger partial charge is 0.159 e. The largest absolute Gasteiger partial charge is 0.455 e. The summed E-state index contributed by atoms with van der Waals surface area (Å²) in [6.07, 6.45) is 6.46. The molecule has 0 radical (unpaired) electrons. The third kappa shape index (κ3) is 3.20. The topological polar surface area (TPSA) is 95.5 Å². The molecule has 4 aromatic rings. The number of aliphatic imine (C=N–C) groups is 1. The van der Waals surface area contributed by atoms with Gasteiger partial charge in [-0.3, -0.25) is 9.98 Å². The third-order valence-electron chi connectivity index (χ3n) is 5.96. The third-order valence-corrected chi connectivity index (χ3v) is 5.96. The van der Waals surface area contributed by atoms with E-state index in [1.807, 2.05) is 18.2 Å². The predicted octanol–water partition coefficient (Wildman–Crippen LogP) is 4.22. The number of rotatable bonds is 2. The molecule has 0 saturated heterocycles. The highest BCUT2D eigenvalue weighted by atomic mass is 19.2. The molecule has 2 aromatic carbocycles. The Morgan fingerprint density at radius 1 is 0.824 bits per heavy atom. The minimum atomic E-state index is -1.01. The Kier molecular flexibility index (Phi) is 4.59. The Bertz CT molecular complexity index is 1460. The quantitative estimate of drug-likeness (QED) is 0.484. The van der Waals surface area contributed by atoms with Gasteiger partial charge in [-0.15, -0.1) is 0 Å². The van der Waals surface area contributed by atoms with Crippen LogP contribution in [0.5, 0.6) is 11.5 Å². The monoisotopic (exact) mass is 457 g/mol. The second-order valence-electron chi connectivity index (χ2n) is 8.09. The second kappa shape index (κ2) is 7.67. The summed E-state index contributed by atoms with van der Waals surface area (Å²) < 4.78 is 39.4. The van der Waals surface area contributed by atoms with Crippen molar-refractivity contribution in [2.24, 2.45) is 10.7 Å². The summed E-state index contributed by atoms with van der Waals surface area (Å²) in [7, 11) is 0. The number of nitrogens with zero attached hydrogens (tertiary/aromatic N) is 4. The molecule has 9 heteroatoms. The van der Waals surface area contributed by atoms with Crippen LogP contribution >= 0.6 is 0 Å². The summed E-state index contributed by atoms with van der Waals surface area (Å²) in [5, 5.41) is 0. The summed E-state index contributed by atoms with van der Waals surface area (Å²) in [6, 6.07) is 11.1. The van der Waals surface area contributed by atoms with E-state index < -0.39 is 17.2 Å². The highest BCUT2D eigenvalue weighted by Crippen LogP contribution is 2.51. The van der Waals surface area contributed by atoms with Crippen LogP contribution in [-0.4, -0.2) is 34.0 Å². The maximum absolute atomic E-state index is 13.9.